The summed E-state index contributed by atoms with van der Waals surface area (Å²) in [5.74, 6) is -0.870. The van der Waals surface area contributed by atoms with E-state index in [0.29, 0.717) is 26.3 Å². The standard InChI is InChI=1S/C30H32Cl3N3O4S/c1-21(30(38)34-25-8-4-2-5-9-25)35(19-22-12-13-24(32)18-28(22)33)29(37)20-36(26-10-6-3-7-11-26)41(39,40)27-16-14-23(31)15-17-27/h3,6-7,10-18,21,25H,2,4-5,8-9,19-20H2,1H3,(H,34,38)/t21-/m0/s1. The van der Waals surface area contributed by atoms with Crippen molar-refractivity contribution >= 4 is 62.3 Å². The van der Waals surface area contributed by atoms with Gasteiger partial charge in [-0.2, -0.15) is 0 Å². The van der Waals surface area contributed by atoms with Gasteiger partial charge in [-0.05, 0) is 73.9 Å². The monoisotopic (exact) mass is 635 g/mol. The Kier molecular flexibility index (Phi) is 10.6. The predicted octanol–water partition coefficient (Wildman–Crippen LogP) is 6.71. The maximum absolute atomic E-state index is 14.0. The topological polar surface area (TPSA) is 86.8 Å². The van der Waals surface area contributed by atoms with Crippen molar-refractivity contribution in [1.82, 2.24) is 10.2 Å². The Hall–Kier alpha value is -2.78. The van der Waals surface area contributed by atoms with Crippen LogP contribution in [0.5, 0.6) is 0 Å². The van der Waals surface area contributed by atoms with Gasteiger partial charge in [0.05, 0.1) is 10.6 Å². The van der Waals surface area contributed by atoms with E-state index in [9.17, 15) is 18.0 Å². The molecule has 218 valence electrons. The molecular weight excluding hydrogens is 605 g/mol. The van der Waals surface area contributed by atoms with Crippen molar-refractivity contribution in [1.29, 1.82) is 0 Å². The number of hydrogen-bond acceptors (Lipinski definition) is 4. The van der Waals surface area contributed by atoms with E-state index in [2.05, 4.69) is 5.32 Å². The zero-order valence-corrected chi connectivity index (χ0v) is 25.7. The number of rotatable bonds is 10. The molecule has 0 bridgehead atoms. The highest BCUT2D eigenvalue weighted by Crippen LogP contribution is 2.27. The van der Waals surface area contributed by atoms with E-state index in [1.165, 1.54) is 29.2 Å². The van der Waals surface area contributed by atoms with Crippen LogP contribution in [0.1, 0.15) is 44.6 Å². The first-order valence-electron chi connectivity index (χ1n) is 13.4. The summed E-state index contributed by atoms with van der Waals surface area (Å²) in [4.78, 5) is 28.8. The van der Waals surface area contributed by atoms with Gasteiger partial charge < -0.3 is 10.2 Å². The van der Waals surface area contributed by atoms with E-state index >= 15 is 0 Å². The second kappa shape index (κ2) is 13.9. The zero-order valence-electron chi connectivity index (χ0n) is 22.6. The van der Waals surface area contributed by atoms with Crippen LogP contribution in [0.15, 0.2) is 77.7 Å². The van der Waals surface area contributed by atoms with Crippen molar-refractivity contribution in [3.8, 4) is 0 Å². The van der Waals surface area contributed by atoms with E-state index in [-0.39, 0.29) is 23.4 Å². The molecule has 1 atom stereocenters. The molecule has 3 aromatic carbocycles. The summed E-state index contributed by atoms with van der Waals surface area (Å²) in [5, 5.41) is 4.23. The van der Waals surface area contributed by atoms with Crippen LogP contribution in [-0.4, -0.2) is 43.8 Å². The first-order valence-corrected chi connectivity index (χ1v) is 16.0. The molecule has 0 saturated heterocycles. The fourth-order valence-electron chi connectivity index (χ4n) is 4.84. The Balaban J connectivity index is 1.67. The van der Waals surface area contributed by atoms with Gasteiger partial charge in [0.2, 0.25) is 11.8 Å². The highest BCUT2D eigenvalue weighted by atomic mass is 35.5. The third-order valence-electron chi connectivity index (χ3n) is 7.20. The van der Waals surface area contributed by atoms with Gasteiger partial charge in [0.25, 0.3) is 10.0 Å². The number of benzene rings is 3. The zero-order chi connectivity index (χ0) is 29.6. The highest BCUT2D eigenvalue weighted by molar-refractivity contribution is 7.92. The predicted molar refractivity (Wildman–Crippen MR) is 164 cm³/mol. The first-order chi connectivity index (χ1) is 19.6. The minimum absolute atomic E-state index is 0.0162. The summed E-state index contributed by atoms with van der Waals surface area (Å²) in [6.45, 7) is 1.08. The normalized spacial score (nSPS) is 14.7. The lowest BCUT2D eigenvalue weighted by Gasteiger charge is -2.33. The lowest BCUT2D eigenvalue weighted by Crippen LogP contribution is -2.53. The first kappa shape index (κ1) is 31.2. The number of hydrogen-bond donors (Lipinski definition) is 1. The quantitative estimate of drug-likeness (QED) is 0.268. The third kappa shape index (κ3) is 7.95. The van der Waals surface area contributed by atoms with E-state index in [1.54, 1.807) is 55.5 Å². The molecule has 7 nitrogen and oxygen atoms in total. The van der Waals surface area contributed by atoms with Crippen molar-refractivity contribution in [3.63, 3.8) is 0 Å². The maximum Gasteiger partial charge on any atom is 0.264 e. The van der Waals surface area contributed by atoms with E-state index in [1.807, 2.05) is 0 Å². The van der Waals surface area contributed by atoms with E-state index in [4.69, 9.17) is 34.8 Å². The van der Waals surface area contributed by atoms with Gasteiger partial charge in [0.15, 0.2) is 0 Å². The summed E-state index contributed by atoms with van der Waals surface area (Å²) < 4.78 is 28.7. The fourth-order valence-corrected chi connectivity index (χ4v) is 6.85. The highest BCUT2D eigenvalue weighted by Gasteiger charge is 2.33. The molecule has 0 unspecified atom stereocenters. The Morgan fingerprint density at radius 1 is 0.902 bits per heavy atom. The number of nitrogens with one attached hydrogen (secondary N) is 1. The Labute approximate surface area is 256 Å². The van der Waals surface area contributed by atoms with Crippen molar-refractivity contribution in [2.24, 2.45) is 0 Å². The van der Waals surface area contributed by atoms with Gasteiger partial charge in [-0.1, -0.05) is 78.3 Å². The molecule has 41 heavy (non-hydrogen) atoms. The molecular formula is C30H32Cl3N3O4S. The van der Waals surface area contributed by atoms with Crippen LogP contribution in [-0.2, 0) is 26.2 Å². The van der Waals surface area contributed by atoms with Crippen LogP contribution in [0.4, 0.5) is 5.69 Å². The number of para-hydroxylation sites is 1. The molecule has 11 heteroatoms. The van der Waals surface area contributed by atoms with Gasteiger partial charge in [-0.25, -0.2) is 8.42 Å². The largest absolute Gasteiger partial charge is 0.352 e. The molecule has 0 radical (unpaired) electrons. The molecule has 1 aliphatic rings. The second-order valence-electron chi connectivity index (χ2n) is 10.1. The summed E-state index contributed by atoms with van der Waals surface area (Å²) in [7, 11) is -4.17. The van der Waals surface area contributed by atoms with Gasteiger partial charge in [0.1, 0.15) is 12.6 Å². The van der Waals surface area contributed by atoms with Crippen molar-refractivity contribution in [2.45, 2.75) is 62.6 Å². The van der Waals surface area contributed by atoms with Gasteiger partial charge in [-0.15, -0.1) is 0 Å². The summed E-state index contributed by atoms with van der Waals surface area (Å²) >= 11 is 18.5. The van der Waals surface area contributed by atoms with Crippen molar-refractivity contribution in [2.75, 3.05) is 10.8 Å². The summed E-state index contributed by atoms with van der Waals surface area (Å²) in [6.07, 6.45) is 4.99. The number of anilines is 1. The second-order valence-corrected chi connectivity index (χ2v) is 13.2. The molecule has 4 rings (SSSR count). The molecule has 1 N–H and O–H groups in total. The SMILES string of the molecule is C[C@@H](C(=O)NC1CCCCC1)N(Cc1ccc(Cl)cc1Cl)C(=O)CN(c1ccccc1)S(=O)(=O)c1ccc(Cl)cc1. The van der Waals surface area contributed by atoms with Gasteiger partial charge >= 0.3 is 0 Å². The van der Waals surface area contributed by atoms with E-state index < -0.39 is 28.5 Å². The third-order valence-corrected chi connectivity index (χ3v) is 9.83. The molecule has 1 saturated carbocycles. The Bertz CT molecular complexity index is 1460. The van der Waals surface area contributed by atoms with Crippen LogP contribution < -0.4 is 9.62 Å². The molecule has 0 aliphatic heterocycles. The van der Waals surface area contributed by atoms with Crippen LogP contribution >= 0.6 is 34.8 Å². The molecule has 3 aromatic rings. The Morgan fingerprint density at radius 2 is 1.54 bits per heavy atom. The molecule has 1 fully saturated rings. The molecule has 1 aliphatic carbocycles. The number of halogens is 3. The van der Waals surface area contributed by atoms with E-state index in [0.717, 1.165) is 36.4 Å². The molecule has 0 aromatic heterocycles. The number of nitrogens with zero attached hydrogens (tertiary/aromatic N) is 2. The van der Waals surface area contributed by atoms with Crippen LogP contribution in [0.25, 0.3) is 0 Å². The average Bonchev–Trinajstić information content (AvgIpc) is 2.96. The number of amides is 2. The van der Waals surface area contributed by atoms with Crippen LogP contribution in [0.2, 0.25) is 15.1 Å². The number of carbonyl (C=O) groups excluding carboxylic acids is 2. The molecule has 2 amide bonds. The van der Waals surface area contributed by atoms with Crippen LogP contribution in [0, 0.1) is 0 Å². The fraction of sp³-hybridized carbons (Fsp3) is 0.333. The molecule has 0 heterocycles. The van der Waals surface area contributed by atoms with Crippen LogP contribution in [0.3, 0.4) is 0 Å². The maximum atomic E-state index is 14.0. The summed E-state index contributed by atoms with van der Waals surface area (Å²) in [6, 6.07) is 18.2. The van der Waals surface area contributed by atoms with Gasteiger partial charge in [0, 0.05) is 27.7 Å². The lowest BCUT2D eigenvalue weighted by molar-refractivity contribution is -0.139. The lowest BCUT2D eigenvalue weighted by atomic mass is 9.95. The minimum atomic E-state index is -4.17. The number of carbonyl (C=O) groups is 2. The van der Waals surface area contributed by atoms with Crippen molar-refractivity contribution < 1.29 is 18.0 Å². The molecule has 0 spiro atoms. The van der Waals surface area contributed by atoms with Gasteiger partial charge in [-0.3, -0.25) is 13.9 Å². The van der Waals surface area contributed by atoms with Crippen molar-refractivity contribution in [3.05, 3.63) is 93.4 Å². The minimum Gasteiger partial charge on any atom is -0.352 e. The smallest absolute Gasteiger partial charge is 0.264 e. The number of sulfonamides is 1. The Morgan fingerprint density at radius 3 is 2.17 bits per heavy atom. The summed E-state index contributed by atoms with van der Waals surface area (Å²) in [5.41, 5.74) is 0.883. The average molecular weight is 637 g/mol.